The minimum atomic E-state index is -0.241. The monoisotopic (exact) mass is 209 g/mol. The molecular weight excluding hydrogens is 194 g/mol. The van der Waals surface area contributed by atoms with Gasteiger partial charge >= 0.3 is 0 Å². The van der Waals surface area contributed by atoms with E-state index in [0.717, 1.165) is 24.1 Å². The van der Waals surface area contributed by atoms with Gasteiger partial charge in [-0.25, -0.2) is 0 Å². The average Bonchev–Trinajstić information content (AvgIpc) is 2.29. The Balaban J connectivity index is 2.57. The van der Waals surface area contributed by atoms with Crippen molar-refractivity contribution >= 4 is 0 Å². The molecule has 0 amide bonds. The standard InChI is InChI=1S/C11H15NO3/c13-5-8-3-7-1-2-12-4-9(7)11(15)10(8)6-14/h3,12-15H,1-2,4-6H2. The average molecular weight is 209 g/mol. The Bertz CT molecular complexity index is 362. The van der Waals surface area contributed by atoms with Gasteiger partial charge in [0.15, 0.2) is 0 Å². The van der Waals surface area contributed by atoms with Crippen LogP contribution in [0.2, 0.25) is 0 Å². The van der Waals surface area contributed by atoms with E-state index in [1.807, 2.05) is 6.07 Å². The number of nitrogens with one attached hydrogen (secondary N) is 1. The summed E-state index contributed by atoms with van der Waals surface area (Å²) in [5.74, 6) is 0.131. The molecule has 0 bridgehead atoms. The predicted molar refractivity (Wildman–Crippen MR) is 55.4 cm³/mol. The number of benzene rings is 1. The zero-order chi connectivity index (χ0) is 10.8. The Morgan fingerprint density at radius 3 is 2.73 bits per heavy atom. The molecule has 1 heterocycles. The highest BCUT2D eigenvalue weighted by Gasteiger charge is 2.18. The van der Waals surface area contributed by atoms with E-state index in [2.05, 4.69) is 5.32 Å². The molecule has 15 heavy (non-hydrogen) atoms. The van der Waals surface area contributed by atoms with Gasteiger partial charge < -0.3 is 20.6 Å². The van der Waals surface area contributed by atoms with Crippen LogP contribution in [-0.2, 0) is 26.2 Å². The van der Waals surface area contributed by atoms with Crippen LogP contribution in [0.15, 0.2) is 6.07 Å². The molecule has 0 unspecified atom stereocenters. The van der Waals surface area contributed by atoms with Gasteiger partial charge in [-0.2, -0.15) is 0 Å². The topological polar surface area (TPSA) is 72.7 Å². The van der Waals surface area contributed by atoms with E-state index in [-0.39, 0.29) is 19.0 Å². The van der Waals surface area contributed by atoms with Gasteiger partial charge in [-0.15, -0.1) is 0 Å². The van der Waals surface area contributed by atoms with E-state index in [0.29, 0.717) is 17.7 Å². The fourth-order valence-corrected chi connectivity index (χ4v) is 2.05. The molecule has 2 rings (SSSR count). The van der Waals surface area contributed by atoms with Gasteiger partial charge in [0.1, 0.15) is 5.75 Å². The summed E-state index contributed by atoms with van der Waals surface area (Å²) in [4.78, 5) is 0. The van der Waals surface area contributed by atoms with Gasteiger partial charge in [0.05, 0.1) is 13.2 Å². The number of aromatic hydroxyl groups is 1. The van der Waals surface area contributed by atoms with E-state index < -0.39 is 0 Å². The number of rotatable bonds is 2. The SMILES string of the molecule is OCc1cc2c(c(O)c1CO)CNCC2. The lowest BCUT2D eigenvalue weighted by Gasteiger charge is -2.21. The maximum atomic E-state index is 9.94. The van der Waals surface area contributed by atoms with Crippen molar-refractivity contribution in [3.05, 3.63) is 28.3 Å². The van der Waals surface area contributed by atoms with Gasteiger partial charge in [0.25, 0.3) is 0 Å². The highest BCUT2D eigenvalue weighted by Crippen LogP contribution is 2.31. The molecule has 1 aromatic rings. The number of aliphatic hydroxyl groups excluding tert-OH is 2. The highest BCUT2D eigenvalue weighted by atomic mass is 16.3. The maximum absolute atomic E-state index is 9.94. The van der Waals surface area contributed by atoms with Gasteiger partial charge in [-0.05, 0) is 24.1 Å². The van der Waals surface area contributed by atoms with Crippen molar-refractivity contribution in [1.29, 1.82) is 0 Å². The molecular formula is C11H15NO3. The van der Waals surface area contributed by atoms with Crippen molar-refractivity contribution in [3.8, 4) is 5.75 Å². The van der Waals surface area contributed by atoms with Crippen LogP contribution in [0.3, 0.4) is 0 Å². The summed E-state index contributed by atoms with van der Waals surface area (Å²) in [6, 6.07) is 1.88. The first kappa shape index (κ1) is 10.4. The van der Waals surface area contributed by atoms with Crippen molar-refractivity contribution in [2.75, 3.05) is 6.54 Å². The van der Waals surface area contributed by atoms with Crippen LogP contribution in [-0.4, -0.2) is 21.9 Å². The van der Waals surface area contributed by atoms with Crippen molar-refractivity contribution in [1.82, 2.24) is 5.32 Å². The summed E-state index contributed by atoms with van der Waals surface area (Å²) in [6.45, 7) is 1.12. The second kappa shape index (κ2) is 4.18. The predicted octanol–water partition coefficient (Wildman–Crippen LogP) is 0.0225. The van der Waals surface area contributed by atoms with Crippen molar-refractivity contribution in [3.63, 3.8) is 0 Å². The molecule has 0 radical (unpaired) electrons. The van der Waals surface area contributed by atoms with Crippen molar-refractivity contribution in [2.24, 2.45) is 0 Å². The second-order valence-electron chi connectivity index (χ2n) is 3.74. The van der Waals surface area contributed by atoms with Crippen LogP contribution >= 0.6 is 0 Å². The van der Waals surface area contributed by atoms with Crippen LogP contribution in [0.25, 0.3) is 0 Å². The van der Waals surface area contributed by atoms with Crippen LogP contribution in [0.4, 0.5) is 0 Å². The molecule has 0 atom stereocenters. The third-order valence-electron chi connectivity index (χ3n) is 2.90. The van der Waals surface area contributed by atoms with E-state index in [9.17, 15) is 5.11 Å². The van der Waals surface area contributed by atoms with Crippen LogP contribution in [0, 0.1) is 0 Å². The van der Waals surface area contributed by atoms with Crippen LogP contribution in [0.5, 0.6) is 5.75 Å². The molecule has 0 saturated carbocycles. The first-order valence-corrected chi connectivity index (χ1v) is 5.05. The zero-order valence-corrected chi connectivity index (χ0v) is 8.45. The van der Waals surface area contributed by atoms with Crippen LogP contribution in [0.1, 0.15) is 22.3 Å². The van der Waals surface area contributed by atoms with E-state index in [4.69, 9.17) is 10.2 Å². The number of hydrogen-bond acceptors (Lipinski definition) is 4. The van der Waals surface area contributed by atoms with Gasteiger partial charge in [0.2, 0.25) is 0 Å². The molecule has 0 spiro atoms. The highest BCUT2D eigenvalue weighted by molar-refractivity contribution is 5.50. The summed E-state index contributed by atoms with van der Waals surface area (Å²) in [7, 11) is 0. The third-order valence-corrected chi connectivity index (χ3v) is 2.90. The molecule has 4 heteroatoms. The molecule has 4 N–H and O–H groups in total. The molecule has 0 saturated heterocycles. The second-order valence-corrected chi connectivity index (χ2v) is 3.74. The maximum Gasteiger partial charge on any atom is 0.126 e. The van der Waals surface area contributed by atoms with Gasteiger partial charge in [0, 0.05) is 17.7 Å². The molecule has 0 aromatic heterocycles. The van der Waals surface area contributed by atoms with E-state index in [1.165, 1.54) is 0 Å². The largest absolute Gasteiger partial charge is 0.507 e. The third kappa shape index (κ3) is 1.71. The van der Waals surface area contributed by atoms with Crippen LogP contribution < -0.4 is 5.32 Å². The van der Waals surface area contributed by atoms with Gasteiger partial charge in [-0.1, -0.05) is 6.07 Å². The van der Waals surface area contributed by atoms with E-state index in [1.54, 1.807) is 0 Å². The molecule has 1 aliphatic heterocycles. The lowest BCUT2D eigenvalue weighted by Crippen LogP contribution is -2.24. The molecule has 82 valence electrons. The fraction of sp³-hybridized carbons (Fsp3) is 0.455. The minimum absolute atomic E-state index is 0.131. The number of aliphatic hydroxyl groups is 2. The summed E-state index contributed by atoms with van der Waals surface area (Å²) in [6.07, 6.45) is 0.849. The fourth-order valence-electron chi connectivity index (χ4n) is 2.05. The minimum Gasteiger partial charge on any atom is -0.507 e. The quantitative estimate of drug-likeness (QED) is 0.554. The molecule has 1 aromatic carbocycles. The first-order valence-electron chi connectivity index (χ1n) is 5.05. The normalized spacial score (nSPS) is 15.1. The molecule has 4 nitrogen and oxygen atoms in total. The van der Waals surface area contributed by atoms with Crippen molar-refractivity contribution < 1.29 is 15.3 Å². The lowest BCUT2D eigenvalue weighted by molar-refractivity contribution is 0.254. The number of fused-ring (bicyclic) bond motifs is 1. The summed E-state index contributed by atoms with van der Waals surface area (Å²) >= 11 is 0. The Hall–Kier alpha value is -1.10. The van der Waals surface area contributed by atoms with Crippen molar-refractivity contribution in [2.45, 2.75) is 26.2 Å². The smallest absolute Gasteiger partial charge is 0.126 e. The Kier molecular flexibility index (Phi) is 2.90. The Morgan fingerprint density at radius 2 is 2.07 bits per heavy atom. The number of phenols is 1. The molecule has 1 aliphatic rings. The molecule has 0 fully saturated rings. The zero-order valence-electron chi connectivity index (χ0n) is 8.45. The summed E-state index contributed by atoms with van der Waals surface area (Å²) in [5.41, 5.74) is 2.98. The van der Waals surface area contributed by atoms with E-state index >= 15 is 0 Å². The van der Waals surface area contributed by atoms with Gasteiger partial charge in [-0.3, -0.25) is 0 Å². The first-order chi connectivity index (χ1) is 7.27. The summed E-state index contributed by atoms with van der Waals surface area (Å²) < 4.78 is 0. The number of hydrogen-bond donors (Lipinski definition) is 4. The lowest BCUT2D eigenvalue weighted by atomic mass is 9.93. The Labute approximate surface area is 88.2 Å². The summed E-state index contributed by atoms with van der Waals surface area (Å²) in [5, 5.41) is 31.4. The Morgan fingerprint density at radius 1 is 1.27 bits per heavy atom. The molecule has 0 aliphatic carbocycles.